The number of rotatable bonds is 4. The quantitative estimate of drug-likeness (QED) is 0.728. The molecule has 1 atom stereocenters. The first kappa shape index (κ1) is 17.7. The molecule has 7 nitrogen and oxygen atoms in total. The van der Waals surface area contributed by atoms with Gasteiger partial charge in [0, 0.05) is 25.0 Å². The Morgan fingerprint density at radius 2 is 2.18 bits per heavy atom. The summed E-state index contributed by atoms with van der Waals surface area (Å²) in [5.74, 6) is -0.0259. The van der Waals surface area contributed by atoms with Crippen LogP contribution in [0.1, 0.15) is 27.8 Å². The van der Waals surface area contributed by atoms with E-state index in [4.69, 9.17) is 4.74 Å². The molecule has 142 valence electrons. The molecule has 28 heavy (non-hydrogen) atoms. The van der Waals surface area contributed by atoms with Crippen molar-refractivity contribution in [2.24, 2.45) is 7.05 Å². The van der Waals surface area contributed by atoms with Gasteiger partial charge in [-0.05, 0) is 35.9 Å². The van der Waals surface area contributed by atoms with E-state index in [9.17, 15) is 14.0 Å². The van der Waals surface area contributed by atoms with Crippen molar-refractivity contribution in [3.05, 3.63) is 77.6 Å². The first-order chi connectivity index (χ1) is 13.5. The van der Waals surface area contributed by atoms with Gasteiger partial charge >= 0.3 is 0 Å². The molecule has 2 amide bonds. The topological polar surface area (TPSA) is 85.2 Å². The monoisotopic (exact) mass is 380 g/mol. The molecule has 4 rings (SSSR count). The number of nitrogens with one attached hydrogen (secondary N) is 2. The van der Waals surface area contributed by atoms with Crippen LogP contribution >= 0.6 is 0 Å². The van der Waals surface area contributed by atoms with Gasteiger partial charge in [-0.25, -0.2) is 9.37 Å². The Labute approximate surface area is 160 Å². The van der Waals surface area contributed by atoms with Gasteiger partial charge in [-0.2, -0.15) is 0 Å². The van der Waals surface area contributed by atoms with E-state index in [0.717, 1.165) is 0 Å². The van der Waals surface area contributed by atoms with Gasteiger partial charge in [-0.1, -0.05) is 12.1 Å². The van der Waals surface area contributed by atoms with Crippen LogP contribution in [0.25, 0.3) is 0 Å². The van der Waals surface area contributed by atoms with Crippen molar-refractivity contribution in [1.29, 1.82) is 0 Å². The second kappa shape index (κ2) is 7.15. The number of nitrogens with zero attached hydrogens (tertiary/aromatic N) is 2. The fourth-order valence-electron chi connectivity index (χ4n) is 3.07. The molecule has 0 fully saturated rings. The summed E-state index contributed by atoms with van der Waals surface area (Å²) in [6, 6.07) is 10.1. The third kappa shape index (κ3) is 3.44. The molecule has 0 unspecified atom stereocenters. The Hall–Kier alpha value is -3.68. The average molecular weight is 380 g/mol. The number of benzene rings is 2. The standard InChI is InChI=1S/C20H17FN4O3/c1-25-8-7-22-19(25)18(12-3-2-4-14(21)9-12)24-20(27)13-5-6-15-16(10-13)28-11-17(26)23-15/h2-10,18H,11H2,1H3,(H,23,26)(H,24,27)/t18-/m1/s1. The predicted molar refractivity (Wildman–Crippen MR) is 99.5 cm³/mol. The van der Waals surface area contributed by atoms with E-state index in [-0.39, 0.29) is 18.4 Å². The number of hydrogen-bond donors (Lipinski definition) is 2. The van der Waals surface area contributed by atoms with E-state index in [1.54, 1.807) is 54.3 Å². The zero-order valence-corrected chi connectivity index (χ0v) is 15.0. The molecule has 2 heterocycles. The SMILES string of the molecule is Cn1ccnc1[C@H](NC(=O)c1ccc2c(c1)OCC(=O)N2)c1cccc(F)c1. The number of ether oxygens (including phenoxy) is 1. The molecule has 1 aromatic heterocycles. The zero-order valence-electron chi connectivity index (χ0n) is 15.0. The van der Waals surface area contributed by atoms with Crippen LogP contribution in [0.4, 0.5) is 10.1 Å². The molecule has 1 aliphatic heterocycles. The minimum Gasteiger partial charge on any atom is -0.482 e. The molecule has 8 heteroatoms. The smallest absolute Gasteiger partial charge is 0.262 e. The summed E-state index contributed by atoms with van der Waals surface area (Å²) < 4.78 is 20.9. The highest BCUT2D eigenvalue weighted by Crippen LogP contribution is 2.29. The molecule has 0 spiro atoms. The Kier molecular flexibility index (Phi) is 4.52. The van der Waals surface area contributed by atoms with Crippen LogP contribution in [0.15, 0.2) is 54.9 Å². The summed E-state index contributed by atoms with van der Waals surface area (Å²) in [5.41, 5.74) is 1.44. The van der Waals surface area contributed by atoms with Crippen molar-refractivity contribution >= 4 is 17.5 Å². The van der Waals surface area contributed by atoms with Crippen LogP contribution < -0.4 is 15.4 Å². The highest BCUT2D eigenvalue weighted by molar-refractivity contribution is 5.99. The third-order valence-corrected chi connectivity index (χ3v) is 4.45. The summed E-state index contributed by atoms with van der Waals surface area (Å²) in [5, 5.41) is 5.58. The van der Waals surface area contributed by atoms with E-state index in [0.29, 0.717) is 28.4 Å². The van der Waals surface area contributed by atoms with Gasteiger partial charge in [-0.15, -0.1) is 0 Å². The number of aromatic nitrogens is 2. The zero-order chi connectivity index (χ0) is 19.7. The maximum Gasteiger partial charge on any atom is 0.262 e. The molecule has 0 aliphatic carbocycles. The Morgan fingerprint density at radius 3 is 2.93 bits per heavy atom. The second-order valence-corrected chi connectivity index (χ2v) is 6.41. The van der Waals surface area contributed by atoms with Crippen molar-refractivity contribution in [1.82, 2.24) is 14.9 Å². The van der Waals surface area contributed by atoms with E-state index in [2.05, 4.69) is 15.6 Å². The lowest BCUT2D eigenvalue weighted by molar-refractivity contribution is -0.118. The Balaban J connectivity index is 1.65. The molecular weight excluding hydrogens is 363 g/mol. The third-order valence-electron chi connectivity index (χ3n) is 4.45. The summed E-state index contributed by atoms with van der Waals surface area (Å²) in [7, 11) is 1.80. The highest BCUT2D eigenvalue weighted by atomic mass is 19.1. The largest absolute Gasteiger partial charge is 0.482 e. The molecule has 0 bridgehead atoms. The summed E-state index contributed by atoms with van der Waals surface area (Å²) in [4.78, 5) is 28.6. The molecule has 0 saturated heterocycles. The van der Waals surface area contributed by atoms with Gasteiger partial charge < -0.3 is 19.9 Å². The van der Waals surface area contributed by atoms with Crippen LogP contribution in [0, 0.1) is 5.82 Å². The number of carbonyl (C=O) groups excluding carboxylic acids is 2. The minimum absolute atomic E-state index is 0.0999. The average Bonchev–Trinajstić information content (AvgIpc) is 3.11. The van der Waals surface area contributed by atoms with Gasteiger partial charge in [0.2, 0.25) is 0 Å². The van der Waals surface area contributed by atoms with Crippen molar-refractivity contribution in [3.8, 4) is 5.75 Å². The number of anilines is 1. The number of hydrogen-bond acceptors (Lipinski definition) is 4. The number of imidazole rings is 1. The lowest BCUT2D eigenvalue weighted by Crippen LogP contribution is -2.31. The van der Waals surface area contributed by atoms with E-state index >= 15 is 0 Å². The normalized spacial score (nSPS) is 13.9. The van der Waals surface area contributed by atoms with Gasteiger partial charge in [0.15, 0.2) is 6.61 Å². The Bertz CT molecular complexity index is 1060. The molecule has 2 aromatic carbocycles. The fourth-order valence-corrected chi connectivity index (χ4v) is 3.07. The summed E-state index contributed by atoms with van der Waals surface area (Å²) in [6.45, 7) is -0.0999. The Morgan fingerprint density at radius 1 is 1.32 bits per heavy atom. The summed E-state index contributed by atoms with van der Waals surface area (Å²) >= 11 is 0. The van der Waals surface area contributed by atoms with E-state index < -0.39 is 11.9 Å². The molecule has 2 N–H and O–H groups in total. The molecule has 3 aromatic rings. The first-order valence-electron chi connectivity index (χ1n) is 8.61. The summed E-state index contributed by atoms with van der Waals surface area (Å²) in [6.07, 6.45) is 3.37. The second-order valence-electron chi connectivity index (χ2n) is 6.41. The van der Waals surface area contributed by atoms with Gasteiger partial charge in [0.25, 0.3) is 11.8 Å². The maximum atomic E-state index is 13.8. The van der Waals surface area contributed by atoms with Crippen LogP contribution in [0.3, 0.4) is 0 Å². The van der Waals surface area contributed by atoms with Crippen molar-refractivity contribution in [3.63, 3.8) is 0 Å². The van der Waals surface area contributed by atoms with E-state index in [1.165, 1.54) is 12.1 Å². The van der Waals surface area contributed by atoms with E-state index in [1.807, 2.05) is 0 Å². The van der Waals surface area contributed by atoms with Crippen molar-refractivity contribution < 1.29 is 18.7 Å². The number of fused-ring (bicyclic) bond motifs is 1. The van der Waals surface area contributed by atoms with Crippen LogP contribution in [0.2, 0.25) is 0 Å². The molecule has 0 saturated carbocycles. The number of amides is 2. The predicted octanol–water partition coefficient (Wildman–Crippen LogP) is 2.41. The first-order valence-corrected chi connectivity index (χ1v) is 8.61. The van der Waals surface area contributed by atoms with Crippen LogP contribution in [0.5, 0.6) is 5.75 Å². The number of carbonyl (C=O) groups is 2. The number of aryl methyl sites for hydroxylation is 1. The fraction of sp³-hybridized carbons (Fsp3) is 0.150. The molecular formula is C20H17FN4O3. The van der Waals surface area contributed by atoms with Crippen molar-refractivity contribution in [2.45, 2.75) is 6.04 Å². The minimum atomic E-state index is -0.639. The van der Waals surface area contributed by atoms with Crippen LogP contribution in [-0.4, -0.2) is 28.0 Å². The van der Waals surface area contributed by atoms with Gasteiger partial charge in [0.05, 0.1) is 5.69 Å². The lowest BCUT2D eigenvalue weighted by Gasteiger charge is -2.21. The van der Waals surface area contributed by atoms with Gasteiger partial charge in [0.1, 0.15) is 23.4 Å². The number of halogens is 1. The van der Waals surface area contributed by atoms with Crippen molar-refractivity contribution in [2.75, 3.05) is 11.9 Å². The van der Waals surface area contributed by atoms with Gasteiger partial charge in [-0.3, -0.25) is 9.59 Å². The maximum absolute atomic E-state index is 13.8. The molecule has 0 radical (unpaired) electrons. The lowest BCUT2D eigenvalue weighted by atomic mass is 10.0. The van der Waals surface area contributed by atoms with Crippen LogP contribution in [-0.2, 0) is 11.8 Å². The highest BCUT2D eigenvalue weighted by Gasteiger charge is 2.23. The molecule has 1 aliphatic rings.